The first-order valence-corrected chi connectivity index (χ1v) is 23.8. The number of para-hydroxylation sites is 1. The van der Waals surface area contributed by atoms with Gasteiger partial charge in [0.1, 0.15) is 66.3 Å². The molecule has 3 atom stereocenters. The SMILES string of the molecule is Cc1c(Cl)c2c(Cl)c3c4cc(F)ccc4c4sc5ncnc(c5c4c13)O[C@@H](C(=O)O)Cc1cc(ccc1OCc1ccnc(-c3ccccc3OC[C@H](O)CO)n1)OC[C@@H](CN1CCN(C)CC1)O2. The van der Waals surface area contributed by atoms with Gasteiger partial charge in [0, 0.05) is 71.8 Å². The van der Waals surface area contributed by atoms with Crippen molar-refractivity contribution in [2.75, 3.05) is 59.6 Å². The number of fused-ring (bicyclic) bond motifs is 8. The van der Waals surface area contributed by atoms with Crippen molar-refractivity contribution in [3.05, 3.63) is 112 Å². The number of carboxylic acids is 1. The van der Waals surface area contributed by atoms with Gasteiger partial charge in [0.2, 0.25) is 12.0 Å². The highest BCUT2D eigenvalue weighted by atomic mass is 35.5. The lowest BCUT2D eigenvalue weighted by molar-refractivity contribution is -0.145. The third-order valence-corrected chi connectivity index (χ3v) is 14.3. The molecule has 0 radical (unpaired) electrons. The number of thiophene rings is 1. The Morgan fingerprint density at radius 3 is 2.57 bits per heavy atom. The van der Waals surface area contributed by atoms with E-state index < -0.39 is 36.7 Å². The second kappa shape index (κ2) is 19.7. The van der Waals surface area contributed by atoms with E-state index in [4.69, 9.17) is 51.9 Å². The number of aliphatic hydroxyl groups is 2. The third kappa shape index (κ3) is 9.35. The quantitative estimate of drug-likeness (QED) is 0.106. The van der Waals surface area contributed by atoms with E-state index in [0.717, 1.165) is 30.9 Å². The summed E-state index contributed by atoms with van der Waals surface area (Å²) in [4.78, 5) is 36.7. The fraction of sp³-hybridized carbons (Fsp3) is 0.300. The molecule has 0 amide bonds. The predicted molar refractivity (Wildman–Crippen MR) is 261 cm³/mol. The molecule has 0 spiro atoms. The number of aryl methyl sites for hydroxylation is 1. The third-order valence-electron chi connectivity index (χ3n) is 12.4. The maximum Gasteiger partial charge on any atom is 0.345 e. The molecule has 19 heteroatoms. The van der Waals surface area contributed by atoms with Crippen LogP contribution >= 0.6 is 34.5 Å². The van der Waals surface area contributed by atoms with Gasteiger partial charge in [-0.05, 0) is 78.8 Å². The van der Waals surface area contributed by atoms with Crippen LogP contribution in [-0.4, -0.2) is 129 Å². The van der Waals surface area contributed by atoms with E-state index in [2.05, 4.69) is 31.8 Å². The van der Waals surface area contributed by atoms with Crippen LogP contribution in [0.5, 0.6) is 28.9 Å². The van der Waals surface area contributed by atoms with Crippen molar-refractivity contribution >= 4 is 82.4 Å². The number of piperazine rings is 1. The minimum atomic E-state index is -1.49. The summed E-state index contributed by atoms with van der Waals surface area (Å²) in [7, 11) is 2.08. The van der Waals surface area contributed by atoms with Crippen molar-refractivity contribution < 1.29 is 48.2 Å². The normalized spacial score (nSPS) is 17.4. The first kappa shape index (κ1) is 46.5. The molecule has 8 aromatic rings. The van der Waals surface area contributed by atoms with E-state index in [0.29, 0.717) is 89.1 Å². The van der Waals surface area contributed by atoms with Crippen LogP contribution in [-0.2, 0) is 17.8 Å². The Morgan fingerprint density at radius 2 is 1.75 bits per heavy atom. The summed E-state index contributed by atoms with van der Waals surface area (Å²) in [5.41, 5.74) is 2.14. The smallest absolute Gasteiger partial charge is 0.345 e. The molecule has 356 valence electrons. The Morgan fingerprint density at radius 1 is 0.928 bits per heavy atom. The number of aromatic nitrogens is 4. The van der Waals surface area contributed by atoms with Crippen molar-refractivity contribution in [1.29, 1.82) is 0 Å². The highest BCUT2D eigenvalue weighted by Gasteiger charge is 2.31. The summed E-state index contributed by atoms with van der Waals surface area (Å²) in [5.74, 6) is 0.0436. The van der Waals surface area contributed by atoms with Crippen molar-refractivity contribution in [1.82, 2.24) is 29.7 Å². The van der Waals surface area contributed by atoms with Crippen molar-refractivity contribution in [2.24, 2.45) is 0 Å². The Kier molecular flexibility index (Phi) is 13.3. The molecule has 15 nitrogen and oxygen atoms in total. The standard InChI is InChI=1S/C50H45Cl2FN6O9S/c1-26-39-40-35-19-28(53)7-9-33(35)46-41(39)42-48(55-25-56-49(42)69-46)68-38(50(62)63)18-27-17-31(64-24-32(67-45(43(26)51)44(40)52)20-59-15-13-58(2)14-16-59)8-10-36(27)65-22-29-11-12-54-47(57-29)34-5-3-4-6-37(34)66-23-30(61)21-60/h3-12,17,19,25,30,32,38,60-61H,13-16,18,20-24H2,1-2H3,(H,62,63)/t30-,32-,38-/m1/s1. The number of carbonyl (C=O) groups is 1. The molecule has 5 aromatic carbocycles. The lowest BCUT2D eigenvalue weighted by atomic mass is 9.94. The Hall–Kier alpha value is -6.18. The fourth-order valence-corrected chi connectivity index (χ4v) is 10.6. The minimum absolute atomic E-state index is 0.0171. The first-order valence-electron chi connectivity index (χ1n) is 22.2. The van der Waals surface area contributed by atoms with Gasteiger partial charge in [0.15, 0.2) is 11.6 Å². The average molecular weight is 996 g/mol. The van der Waals surface area contributed by atoms with Crippen LogP contribution in [0.4, 0.5) is 4.39 Å². The lowest BCUT2D eigenvalue weighted by Crippen LogP contribution is -2.49. The molecular weight excluding hydrogens is 951 g/mol. The van der Waals surface area contributed by atoms with Crippen LogP contribution in [0.2, 0.25) is 10.0 Å². The fourth-order valence-electron chi connectivity index (χ4n) is 8.83. The van der Waals surface area contributed by atoms with E-state index in [9.17, 15) is 20.1 Å². The number of carboxylic acid groups (broad SMARTS) is 1. The average Bonchev–Trinajstić information content (AvgIpc) is 3.75. The number of rotatable bonds is 11. The topological polar surface area (TPSA) is 182 Å². The number of ether oxygens (including phenoxy) is 5. The number of benzene rings is 5. The monoisotopic (exact) mass is 994 g/mol. The van der Waals surface area contributed by atoms with Gasteiger partial charge < -0.3 is 43.9 Å². The summed E-state index contributed by atoms with van der Waals surface area (Å²) in [6.07, 6.45) is -0.442. The zero-order valence-electron chi connectivity index (χ0n) is 37.3. The molecule has 0 aliphatic carbocycles. The molecule has 6 heterocycles. The Bertz CT molecular complexity index is 3270. The minimum Gasteiger partial charge on any atom is -0.490 e. The second-order valence-corrected chi connectivity index (χ2v) is 18.8. The zero-order valence-corrected chi connectivity index (χ0v) is 39.7. The van der Waals surface area contributed by atoms with Crippen LogP contribution in [0, 0.1) is 12.7 Å². The van der Waals surface area contributed by atoms with Gasteiger partial charge in [-0.2, -0.15) is 0 Å². The summed E-state index contributed by atoms with van der Waals surface area (Å²) < 4.78 is 48.1. The van der Waals surface area contributed by atoms with Gasteiger partial charge in [-0.1, -0.05) is 41.4 Å². The van der Waals surface area contributed by atoms with Crippen LogP contribution in [0.3, 0.4) is 0 Å². The number of aliphatic hydroxyl groups excluding tert-OH is 2. The van der Waals surface area contributed by atoms with Gasteiger partial charge >= 0.3 is 5.97 Å². The molecule has 6 bridgehead atoms. The number of hydrogen-bond acceptors (Lipinski definition) is 15. The van der Waals surface area contributed by atoms with Gasteiger partial charge in [-0.3, -0.25) is 4.90 Å². The lowest BCUT2D eigenvalue weighted by Gasteiger charge is -2.35. The molecule has 69 heavy (non-hydrogen) atoms. The maximum absolute atomic E-state index is 15.3. The number of hydrogen-bond donors (Lipinski definition) is 3. The van der Waals surface area contributed by atoms with Gasteiger partial charge in [0.25, 0.3) is 0 Å². The number of aliphatic carboxylic acids is 1. The van der Waals surface area contributed by atoms with E-state index in [1.165, 1.54) is 29.8 Å². The summed E-state index contributed by atoms with van der Waals surface area (Å²) in [6.45, 7) is 5.06. The second-order valence-electron chi connectivity index (χ2n) is 17.1. The molecule has 1 fully saturated rings. The van der Waals surface area contributed by atoms with Gasteiger partial charge in [0.05, 0.1) is 33.3 Å². The zero-order chi connectivity index (χ0) is 47.9. The van der Waals surface area contributed by atoms with E-state index in [-0.39, 0.29) is 47.9 Å². The summed E-state index contributed by atoms with van der Waals surface area (Å²) in [6, 6.07) is 18.5. The van der Waals surface area contributed by atoms with Crippen LogP contribution in [0.25, 0.3) is 53.2 Å². The first-order chi connectivity index (χ1) is 33.4. The number of likely N-dealkylation sites (N-methyl/N-ethyl adjacent to an activating group) is 1. The number of halogens is 3. The molecule has 3 N–H and O–H groups in total. The van der Waals surface area contributed by atoms with E-state index in [1.54, 1.807) is 54.7 Å². The van der Waals surface area contributed by atoms with Gasteiger partial charge in [-0.25, -0.2) is 29.1 Å². The molecular formula is C50H45Cl2FN6O9S. The van der Waals surface area contributed by atoms with Crippen LogP contribution < -0.4 is 23.7 Å². The Balaban J connectivity index is 1.08. The van der Waals surface area contributed by atoms with Crippen LogP contribution in [0.1, 0.15) is 16.8 Å². The molecule has 3 aliphatic rings. The molecule has 1 saturated heterocycles. The maximum atomic E-state index is 15.3. The largest absolute Gasteiger partial charge is 0.490 e. The highest BCUT2D eigenvalue weighted by molar-refractivity contribution is 7.26. The van der Waals surface area contributed by atoms with Crippen molar-refractivity contribution in [3.63, 3.8) is 0 Å². The Labute approximate surface area is 408 Å². The number of nitrogens with zero attached hydrogens (tertiary/aromatic N) is 6. The molecule has 0 unspecified atom stereocenters. The van der Waals surface area contributed by atoms with Crippen LogP contribution in [0.15, 0.2) is 79.3 Å². The van der Waals surface area contributed by atoms with Gasteiger partial charge in [-0.15, -0.1) is 11.3 Å². The molecule has 0 saturated carbocycles. The van der Waals surface area contributed by atoms with E-state index in [1.807, 2.05) is 13.0 Å². The molecule has 3 aromatic heterocycles. The summed E-state index contributed by atoms with van der Waals surface area (Å²) >= 11 is 16.1. The van der Waals surface area contributed by atoms with Crippen molar-refractivity contribution in [3.8, 4) is 40.3 Å². The predicted octanol–water partition coefficient (Wildman–Crippen LogP) is 8.14. The molecule has 11 rings (SSSR count). The van der Waals surface area contributed by atoms with Crippen molar-refractivity contribution in [2.45, 2.75) is 38.3 Å². The summed E-state index contributed by atoms with van der Waals surface area (Å²) in [5, 5.41) is 33.9. The van der Waals surface area contributed by atoms with E-state index >= 15 is 4.39 Å². The molecule has 3 aliphatic heterocycles. The highest BCUT2D eigenvalue weighted by Crippen LogP contribution is 2.53.